The smallest absolute Gasteiger partial charge is 0.214 e. The molecule has 1 aliphatic heterocycles. The van der Waals surface area contributed by atoms with Crippen molar-refractivity contribution in [2.45, 2.75) is 37.7 Å². The Morgan fingerprint density at radius 3 is 2.44 bits per heavy atom. The van der Waals surface area contributed by atoms with Gasteiger partial charge in [0, 0.05) is 18.4 Å². The lowest BCUT2D eigenvalue weighted by Crippen LogP contribution is -2.40. The van der Waals surface area contributed by atoms with E-state index in [0.29, 0.717) is 13.0 Å². The Balaban J connectivity index is 1.78. The van der Waals surface area contributed by atoms with Crippen molar-refractivity contribution in [3.05, 3.63) is 54.1 Å². The Labute approximate surface area is 147 Å². The summed E-state index contributed by atoms with van der Waals surface area (Å²) in [4.78, 5) is 3.66. The van der Waals surface area contributed by atoms with Gasteiger partial charge in [0.05, 0.1) is 17.4 Å². The first kappa shape index (κ1) is 18.0. The van der Waals surface area contributed by atoms with Gasteiger partial charge < -0.3 is 4.74 Å². The lowest BCUT2D eigenvalue weighted by molar-refractivity contribution is 0.102. The van der Waals surface area contributed by atoms with Gasteiger partial charge in [-0.05, 0) is 43.5 Å². The number of hydrogen-bond acceptors (Lipinski definition) is 4. The molecule has 134 valence electrons. The number of halogens is 1. The number of rotatable bonds is 5. The van der Waals surface area contributed by atoms with E-state index in [-0.39, 0.29) is 12.1 Å². The number of nitrogens with one attached hydrogen (secondary N) is 1. The van der Waals surface area contributed by atoms with Crippen LogP contribution in [-0.2, 0) is 14.8 Å². The zero-order valence-corrected chi connectivity index (χ0v) is 15.0. The zero-order chi connectivity index (χ0) is 18.0. The van der Waals surface area contributed by atoms with E-state index in [4.69, 9.17) is 4.74 Å². The van der Waals surface area contributed by atoms with Gasteiger partial charge in [-0.3, -0.25) is 0 Å². The van der Waals surface area contributed by atoms with E-state index in [1.54, 1.807) is 19.9 Å². The molecule has 0 bridgehead atoms. The minimum absolute atomic E-state index is 0.272. The van der Waals surface area contributed by atoms with E-state index in [1.807, 2.05) is 24.3 Å². The molecule has 1 aromatic carbocycles. The van der Waals surface area contributed by atoms with Gasteiger partial charge in [0.15, 0.2) is 0 Å². The van der Waals surface area contributed by atoms with Crippen LogP contribution >= 0.6 is 0 Å². The third kappa shape index (κ3) is 4.05. The largest absolute Gasteiger partial charge is 0.372 e. The van der Waals surface area contributed by atoms with Gasteiger partial charge in [0.2, 0.25) is 16.0 Å². The number of benzene rings is 1. The topological polar surface area (TPSA) is 68.3 Å². The van der Waals surface area contributed by atoms with Crippen LogP contribution in [0.1, 0.15) is 31.9 Å². The average Bonchev–Trinajstić information content (AvgIpc) is 3.03. The fourth-order valence-electron chi connectivity index (χ4n) is 2.80. The van der Waals surface area contributed by atoms with Crippen LogP contribution in [0, 0.1) is 5.95 Å². The Morgan fingerprint density at radius 1 is 1.16 bits per heavy atom. The quantitative estimate of drug-likeness (QED) is 0.828. The van der Waals surface area contributed by atoms with Gasteiger partial charge in [-0.25, -0.2) is 18.1 Å². The lowest BCUT2D eigenvalue weighted by Gasteiger charge is -2.21. The fraction of sp³-hybridized carbons (Fsp3) is 0.389. The van der Waals surface area contributed by atoms with E-state index >= 15 is 0 Å². The Hall–Kier alpha value is -1.83. The first-order chi connectivity index (χ1) is 11.9. The molecule has 2 atom stereocenters. The second-order valence-electron chi connectivity index (χ2n) is 6.39. The fourth-order valence-corrected chi connectivity index (χ4v) is 3.73. The highest BCUT2D eigenvalue weighted by Gasteiger charge is 2.33. The molecule has 1 fully saturated rings. The Bertz CT molecular complexity index is 820. The van der Waals surface area contributed by atoms with Crippen molar-refractivity contribution in [1.29, 1.82) is 0 Å². The summed E-state index contributed by atoms with van der Waals surface area (Å²) in [6.45, 7) is 3.82. The molecular weight excluding hydrogens is 343 g/mol. The first-order valence-corrected chi connectivity index (χ1v) is 9.76. The molecule has 7 heteroatoms. The molecule has 1 aliphatic rings. The standard InChI is InChI=1S/C18H21FN2O3S/c1-12(2)25(22,23)21-16-9-10-24-18(16)14-5-3-13(4-6-14)15-7-8-17(19)20-11-15/h3-8,11-12,16,18,21H,9-10H2,1-2H3/t16-,18-/m1/s1. The number of nitrogens with zero attached hydrogens (tertiary/aromatic N) is 1. The molecule has 2 aromatic rings. The van der Waals surface area contributed by atoms with Crippen molar-refractivity contribution < 1.29 is 17.5 Å². The van der Waals surface area contributed by atoms with Gasteiger partial charge in [-0.1, -0.05) is 24.3 Å². The molecule has 25 heavy (non-hydrogen) atoms. The maximum atomic E-state index is 12.9. The first-order valence-electron chi connectivity index (χ1n) is 8.21. The molecule has 0 aliphatic carbocycles. The van der Waals surface area contributed by atoms with E-state index in [2.05, 4.69) is 9.71 Å². The molecule has 1 N–H and O–H groups in total. The maximum Gasteiger partial charge on any atom is 0.214 e. The molecule has 0 unspecified atom stereocenters. The van der Waals surface area contributed by atoms with Crippen molar-refractivity contribution in [3.8, 4) is 11.1 Å². The summed E-state index contributed by atoms with van der Waals surface area (Å²) < 4.78 is 45.7. The van der Waals surface area contributed by atoms with Gasteiger partial charge in [-0.15, -0.1) is 0 Å². The second kappa shape index (κ2) is 7.19. The SMILES string of the molecule is CC(C)S(=O)(=O)N[C@@H]1CCO[C@@H]1c1ccc(-c2ccc(F)nc2)cc1. The molecule has 0 radical (unpaired) electrons. The van der Waals surface area contributed by atoms with Crippen molar-refractivity contribution >= 4 is 10.0 Å². The minimum Gasteiger partial charge on any atom is -0.372 e. The molecular formula is C18H21FN2O3S. The normalized spacial score (nSPS) is 21.0. The number of sulfonamides is 1. The molecule has 1 saturated heterocycles. The molecule has 3 rings (SSSR count). The van der Waals surface area contributed by atoms with E-state index < -0.39 is 21.2 Å². The minimum atomic E-state index is -3.35. The number of hydrogen-bond donors (Lipinski definition) is 1. The molecule has 1 aromatic heterocycles. The summed E-state index contributed by atoms with van der Waals surface area (Å²) in [6.07, 6.45) is 1.81. The molecule has 5 nitrogen and oxygen atoms in total. The highest BCUT2D eigenvalue weighted by atomic mass is 32.2. The third-order valence-corrected chi connectivity index (χ3v) is 6.20. The second-order valence-corrected chi connectivity index (χ2v) is 8.66. The summed E-state index contributed by atoms with van der Waals surface area (Å²) >= 11 is 0. The van der Waals surface area contributed by atoms with Crippen LogP contribution < -0.4 is 4.72 Å². The van der Waals surface area contributed by atoms with Crippen LogP contribution in [0.4, 0.5) is 4.39 Å². The molecule has 0 spiro atoms. The van der Waals surface area contributed by atoms with Crippen LogP contribution in [0.25, 0.3) is 11.1 Å². The van der Waals surface area contributed by atoms with Crippen LogP contribution in [0.3, 0.4) is 0 Å². The number of pyridine rings is 1. The van der Waals surface area contributed by atoms with Crippen molar-refractivity contribution in [3.63, 3.8) is 0 Å². The molecule has 0 amide bonds. The lowest BCUT2D eigenvalue weighted by atomic mass is 9.99. The Kier molecular flexibility index (Phi) is 5.17. The van der Waals surface area contributed by atoms with Crippen molar-refractivity contribution in [2.24, 2.45) is 0 Å². The van der Waals surface area contributed by atoms with E-state index in [9.17, 15) is 12.8 Å². The van der Waals surface area contributed by atoms with Crippen LogP contribution in [0.2, 0.25) is 0 Å². The predicted octanol–water partition coefficient (Wildman–Crippen LogP) is 3.05. The monoisotopic (exact) mass is 364 g/mol. The van der Waals surface area contributed by atoms with Crippen molar-refractivity contribution in [1.82, 2.24) is 9.71 Å². The van der Waals surface area contributed by atoms with Gasteiger partial charge >= 0.3 is 0 Å². The van der Waals surface area contributed by atoms with Gasteiger partial charge in [0.1, 0.15) is 0 Å². The average molecular weight is 364 g/mol. The van der Waals surface area contributed by atoms with Crippen LogP contribution in [0.5, 0.6) is 0 Å². The predicted molar refractivity (Wildman–Crippen MR) is 93.9 cm³/mol. The number of ether oxygens (including phenoxy) is 1. The molecule has 0 saturated carbocycles. The zero-order valence-electron chi connectivity index (χ0n) is 14.1. The maximum absolute atomic E-state index is 12.9. The third-order valence-electron chi connectivity index (χ3n) is 4.33. The summed E-state index contributed by atoms with van der Waals surface area (Å²) in [5.41, 5.74) is 2.64. The summed E-state index contributed by atoms with van der Waals surface area (Å²) in [5.74, 6) is -0.514. The summed E-state index contributed by atoms with van der Waals surface area (Å²) in [6, 6.07) is 10.3. The van der Waals surface area contributed by atoms with Crippen LogP contribution in [0.15, 0.2) is 42.6 Å². The number of aromatic nitrogens is 1. The van der Waals surface area contributed by atoms with Gasteiger partial charge in [0.25, 0.3) is 0 Å². The van der Waals surface area contributed by atoms with Crippen molar-refractivity contribution in [2.75, 3.05) is 6.61 Å². The highest BCUT2D eigenvalue weighted by molar-refractivity contribution is 7.90. The van der Waals surface area contributed by atoms with Crippen LogP contribution in [-0.4, -0.2) is 31.3 Å². The summed E-state index contributed by atoms with van der Waals surface area (Å²) in [5, 5.41) is -0.484. The Morgan fingerprint density at radius 2 is 1.84 bits per heavy atom. The highest BCUT2D eigenvalue weighted by Crippen LogP contribution is 2.31. The van der Waals surface area contributed by atoms with E-state index in [1.165, 1.54) is 12.3 Å². The summed E-state index contributed by atoms with van der Waals surface area (Å²) in [7, 11) is -3.35. The van der Waals surface area contributed by atoms with Gasteiger partial charge in [-0.2, -0.15) is 4.39 Å². The van der Waals surface area contributed by atoms with E-state index in [0.717, 1.165) is 16.7 Å². The molecule has 2 heterocycles.